The lowest BCUT2D eigenvalue weighted by Crippen LogP contribution is -2.30. The maximum atomic E-state index is 13.0. The minimum Gasteiger partial charge on any atom is -0.462 e. The fraction of sp³-hybridized carbons (Fsp3) is 0.940. The van der Waals surface area contributed by atoms with Gasteiger partial charge in [-0.3, -0.25) is 37.3 Å². The molecule has 0 aromatic heterocycles. The van der Waals surface area contributed by atoms with Crippen molar-refractivity contribution in [2.75, 3.05) is 39.6 Å². The zero-order valence-corrected chi connectivity index (χ0v) is 57.2. The van der Waals surface area contributed by atoms with Gasteiger partial charge in [-0.2, -0.15) is 0 Å². The normalized spacial score (nSPS) is 14.2. The zero-order valence-electron chi connectivity index (χ0n) is 55.4. The molecule has 0 aromatic rings. The molecule has 3 N–H and O–H groups in total. The highest BCUT2D eigenvalue weighted by Gasteiger charge is 2.30. The van der Waals surface area contributed by atoms with E-state index >= 15 is 0 Å². The van der Waals surface area contributed by atoms with Gasteiger partial charge >= 0.3 is 39.5 Å². The molecule has 5 atom stereocenters. The number of unbranched alkanes of at least 4 members (excludes halogenated alkanes) is 39. The van der Waals surface area contributed by atoms with Gasteiger partial charge in [0.2, 0.25) is 0 Å². The molecule has 0 aromatic carbocycles. The predicted octanol–water partition coefficient (Wildman–Crippen LogP) is 19.0. The van der Waals surface area contributed by atoms with Crippen molar-refractivity contribution in [2.45, 2.75) is 361 Å². The third-order valence-electron chi connectivity index (χ3n) is 15.5. The maximum absolute atomic E-state index is 13.0. The van der Waals surface area contributed by atoms with Gasteiger partial charge in [0, 0.05) is 25.7 Å². The lowest BCUT2D eigenvalue weighted by Gasteiger charge is -2.21. The Morgan fingerprint density at radius 3 is 0.791 bits per heavy atom. The Labute approximate surface area is 524 Å². The Morgan fingerprint density at radius 1 is 0.314 bits per heavy atom. The van der Waals surface area contributed by atoms with Crippen LogP contribution in [-0.4, -0.2) is 96.7 Å². The molecule has 510 valence electrons. The molecule has 0 aliphatic carbocycles. The monoisotopic (exact) mass is 1270 g/mol. The molecule has 0 heterocycles. The molecule has 0 rings (SSSR count). The molecule has 86 heavy (non-hydrogen) atoms. The number of carbonyl (C=O) groups excluding carboxylic acids is 4. The third kappa shape index (κ3) is 60.9. The van der Waals surface area contributed by atoms with E-state index in [4.69, 9.17) is 37.0 Å². The summed E-state index contributed by atoms with van der Waals surface area (Å²) < 4.78 is 67.6. The van der Waals surface area contributed by atoms with E-state index in [-0.39, 0.29) is 25.7 Å². The van der Waals surface area contributed by atoms with E-state index in [2.05, 4.69) is 34.6 Å². The predicted molar refractivity (Wildman–Crippen MR) is 345 cm³/mol. The molecule has 0 radical (unpaired) electrons. The van der Waals surface area contributed by atoms with Crippen LogP contribution in [0.25, 0.3) is 0 Å². The van der Waals surface area contributed by atoms with E-state index in [9.17, 15) is 43.2 Å². The quantitative estimate of drug-likeness (QED) is 0.0222. The Balaban J connectivity index is 5.02. The fourth-order valence-electron chi connectivity index (χ4n) is 10.1. The number of aliphatic hydroxyl groups excluding tert-OH is 1. The lowest BCUT2D eigenvalue weighted by atomic mass is 10.0. The lowest BCUT2D eigenvalue weighted by molar-refractivity contribution is -0.161. The van der Waals surface area contributed by atoms with Crippen molar-refractivity contribution in [2.24, 2.45) is 5.92 Å². The number of phosphoric acid groups is 2. The van der Waals surface area contributed by atoms with Gasteiger partial charge in [-0.1, -0.05) is 291 Å². The SMILES string of the molecule is CCCCCCCCCCCCCCCCCCCCCCCCC(=O)O[C@H](COC(=O)CCCCCCCCCCCCCC(C)C)COP(=O)(O)OC[C@@H](O)COP(=O)(O)OC[C@@H](COC(=O)CCCCCCC)OC(=O)CCCCCCC. The van der Waals surface area contributed by atoms with Crippen molar-refractivity contribution < 1.29 is 80.2 Å². The van der Waals surface area contributed by atoms with Gasteiger partial charge < -0.3 is 33.8 Å². The van der Waals surface area contributed by atoms with E-state index in [1.165, 1.54) is 161 Å². The molecule has 0 aliphatic heterocycles. The Hall–Kier alpha value is -1.94. The molecule has 2 unspecified atom stereocenters. The van der Waals surface area contributed by atoms with Crippen LogP contribution in [0, 0.1) is 5.92 Å². The van der Waals surface area contributed by atoms with E-state index < -0.39 is 97.5 Å². The standard InChI is InChI=1S/C67H130O17P2/c1-6-9-12-15-16-17-18-19-20-21-22-23-24-25-26-27-28-31-35-38-43-48-53-67(72)84-63(57-78-65(70)51-46-42-37-34-32-29-30-33-36-41-44-49-60(4)5)59-82-86(75,76)80-55-61(68)54-79-85(73,74)81-58-62(83-66(71)52-47-40-14-11-8-3)56-77-64(69)50-45-39-13-10-7-2/h60-63,68H,6-59H2,1-5H3,(H,73,74)(H,75,76)/t61-,62+,63+/m0/s1. The van der Waals surface area contributed by atoms with Crippen molar-refractivity contribution in [1.82, 2.24) is 0 Å². The highest BCUT2D eigenvalue weighted by molar-refractivity contribution is 7.47. The van der Waals surface area contributed by atoms with Gasteiger partial charge in [0.25, 0.3) is 0 Å². The van der Waals surface area contributed by atoms with Crippen molar-refractivity contribution in [3.8, 4) is 0 Å². The number of hydrogen-bond acceptors (Lipinski definition) is 15. The van der Waals surface area contributed by atoms with E-state index in [1.807, 2.05) is 0 Å². The Kier molecular flexibility index (Phi) is 59.2. The zero-order chi connectivity index (χ0) is 63.5. The van der Waals surface area contributed by atoms with Gasteiger partial charge in [0.1, 0.15) is 19.3 Å². The molecular formula is C67H130O17P2. The van der Waals surface area contributed by atoms with Gasteiger partial charge in [0.05, 0.1) is 26.4 Å². The van der Waals surface area contributed by atoms with Gasteiger partial charge in [-0.25, -0.2) is 9.13 Å². The number of carbonyl (C=O) groups is 4. The summed E-state index contributed by atoms with van der Waals surface area (Å²) in [6, 6.07) is 0. The number of rotatable bonds is 67. The number of phosphoric ester groups is 2. The van der Waals surface area contributed by atoms with Crippen LogP contribution in [0.15, 0.2) is 0 Å². The summed E-state index contributed by atoms with van der Waals surface area (Å²) in [6.45, 7) is 7.03. The Bertz CT molecular complexity index is 1670. The van der Waals surface area contributed by atoms with Gasteiger partial charge in [0.15, 0.2) is 12.2 Å². The number of esters is 4. The smallest absolute Gasteiger partial charge is 0.462 e. The fourth-order valence-corrected chi connectivity index (χ4v) is 11.7. The molecule has 0 bridgehead atoms. The van der Waals surface area contributed by atoms with Crippen LogP contribution < -0.4 is 0 Å². The van der Waals surface area contributed by atoms with E-state index in [0.29, 0.717) is 25.7 Å². The summed E-state index contributed by atoms with van der Waals surface area (Å²) in [4.78, 5) is 71.8. The largest absolute Gasteiger partial charge is 0.472 e. The molecule has 19 heteroatoms. The second-order valence-electron chi connectivity index (χ2n) is 24.7. The molecule has 0 aliphatic rings. The van der Waals surface area contributed by atoms with Crippen LogP contribution in [0.3, 0.4) is 0 Å². The molecule has 17 nitrogen and oxygen atoms in total. The molecule has 0 saturated carbocycles. The third-order valence-corrected chi connectivity index (χ3v) is 17.4. The summed E-state index contributed by atoms with van der Waals surface area (Å²) in [6.07, 6.45) is 46.9. The summed E-state index contributed by atoms with van der Waals surface area (Å²) in [5, 5.41) is 10.5. The molecule has 0 fully saturated rings. The number of hydrogen-bond donors (Lipinski definition) is 3. The molecular weight excluding hydrogens is 1140 g/mol. The van der Waals surface area contributed by atoms with Crippen molar-refractivity contribution in [1.29, 1.82) is 0 Å². The summed E-state index contributed by atoms with van der Waals surface area (Å²) in [5.74, 6) is -1.38. The topological polar surface area (TPSA) is 237 Å². The van der Waals surface area contributed by atoms with E-state index in [1.54, 1.807) is 0 Å². The first-order valence-electron chi connectivity index (χ1n) is 35.1. The minimum atomic E-state index is -4.94. The molecule has 0 spiro atoms. The average molecular weight is 1270 g/mol. The first-order chi connectivity index (χ1) is 41.5. The Morgan fingerprint density at radius 2 is 0.535 bits per heavy atom. The molecule has 0 saturated heterocycles. The summed E-state index contributed by atoms with van der Waals surface area (Å²) >= 11 is 0. The minimum absolute atomic E-state index is 0.0990. The van der Waals surface area contributed by atoms with Crippen molar-refractivity contribution in [3.63, 3.8) is 0 Å². The van der Waals surface area contributed by atoms with Crippen LogP contribution in [-0.2, 0) is 65.4 Å². The van der Waals surface area contributed by atoms with Crippen molar-refractivity contribution in [3.05, 3.63) is 0 Å². The maximum Gasteiger partial charge on any atom is 0.472 e. The van der Waals surface area contributed by atoms with Crippen LogP contribution in [0.4, 0.5) is 0 Å². The first-order valence-corrected chi connectivity index (χ1v) is 38.1. The van der Waals surface area contributed by atoms with E-state index in [0.717, 1.165) is 102 Å². The number of aliphatic hydroxyl groups is 1. The highest BCUT2D eigenvalue weighted by Crippen LogP contribution is 2.45. The summed E-state index contributed by atoms with van der Waals surface area (Å²) in [5.41, 5.74) is 0. The van der Waals surface area contributed by atoms with Crippen molar-refractivity contribution >= 4 is 39.5 Å². The van der Waals surface area contributed by atoms with Crippen LogP contribution in [0.5, 0.6) is 0 Å². The summed E-state index contributed by atoms with van der Waals surface area (Å²) in [7, 11) is -9.87. The first kappa shape index (κ1) is 84.1. The average Bonchev–Trinajstić information content (AvgIpc) is 3.65. The van der Waals surface area contributed by atoms with Crippen LogP contribution in [0.1, 0.15) is 343 Å². The second kappa shape index (κ2) is 60.6. The number of ether oxygens (including phenoxy) is 4. The van der Waals surface area contributed by atoms with Crippen LogP contribution >= 0.6 is 15.6 Å². The van der Waals surface area contributed by atoms with Gasteiger partial charge in [-0.15, -0.1) is 0 Å². The van der Waals surface area contributed by atoms with Crippen LogP contribution in [0.2, 0.25) is 0 Å². The second-order valence-corrected chi connectivity index (χ2v) is 27.6. The van der Waals surface area contributed by atoms with Gasteiger partial charge in [-0.05, 0) is 31.6 Å². The highest BCUT2D eigenvalue weighted by atomic mass is 31.2. The molecule has 0 amide bonds.